The van der Waals surface area contributed by atoms with E-state index in [1.54, 1.807) is 0 Å². The van der Waals surface area contributed by atoms with Gasteiger partial charge >= 0.3 is 0 Å². The largest absolute Gasteiger partial charge is 0.492 e. The lowest BCUT2D eigenvalue weighted by molar-refractivity contribution is -0.121. The molecule has 1 N–H and O–H groups in total. The number of hydrogen-bond donors (Lipinski definition) is 1. The van der Waals surface area contributed by atoms with Crippen molar-refractivity contribution < 1.29 is 9.53 Å². The minimum absolute atomic E-state index is 0.0204. The van der Waals surface area contributed by atoms with Crippen molar-refractivity contribution in [1.82, 2.24) is 14.9 Å². The summed E-state index contributed by atoms with van der Waals surface area (Å²) in [6.07, 6.45) is 1.95. The van der Waals surface area contributed by atoms with E-state index < -0.39 is 0 Å². The van der Waals surface area contributed by atoms with Gasteiger partial charge < -0.3 is 14.6 Å². The van der Waals surface area contributed by atoms with Crippen LogP contribution in [-0.4, -0.2) is 22.1 Å². The van der Waals surface area contributed by atoms with Gasteiger partial charge in [0.1, 0.15) is 11.6 Å². The number of carbonyl (C=O) groups is 1. The molecule has 0 saturated heterocycles. The Kier molecular flexibility index (Phi) is 7.63. The molecule has 170 valence electrons. The molecule has 4 rings (SSSR count). The van der Waals surface area contributed by atoms with Gasteiger partial charge in [0, 0.05) is 13.0 Å². The van der Waals surface area contributed by atoms with Gasteiger partial charge in [-0.15, -0.1) is 0 Å². The van der Waals surface area contributed by atoms with E-state index in [0.29, 0.717) is 23.8 Å². The zero-order valence-electron chi connectivity index (χ0n) is 18.7. The number of hydrogen-bond acceptors (Lipinski definition) is 3. The second-order valence-electron chi connectivity index (χ2n) is 8.02. The van der Waals surface area contributed by atoms with Crippen LogP contribution in [0.25, 0.3) is 11.0 Å². The number of imidazole rings is 1. The summed E-state index contributed by atoms with van der Waals surface area (Å²) in [5, 5.41) is 3.73. The maximum absolute atomic E-state index is 12.6. The minimum Gasteiger partial charge on any atom is -0.492 e. The average molecular weight is 462 g/mol. The molecule has 5 nitrogen and oxygen atoms in total. The van der Waals surface area contributed by atoms with Crippen LogP contribution in [0.5, 0.6) is 5.75 Å². The maximum atomic E-state index is 12.6. The molecule has 0 fully saturated rings. The first-order chi connectivity index (χ1) is 16.1. The number of rotatable bonds is 10. The van der Waals surface area contributed by atoms with Crippen molar-refractivity contribution in [2.45, 2.75) is 38.8 Å². The molecule has 0 radical (unpaired) electrons. The van der Waals surface area contributed by atoms with E-state index in [2.05, 4.69) is 16.0 Å². The summed E-state index contributed by atoms with van der Waals surface area (Å²) in [5.74, 6) is 1.56. The van der Waals surface area contributed by atoms with E-state index in [9.17, 15) is 4.79 Å². The summed E-state index contributed by atoms with van der Waals surface area (Å²) in [5.41, 5.74) is 3.13. The number of para-hydroxylation sites is 3. The van der Waals surface area contributed by atoms with Crippen molar-refractivity contribution >= 4 is 28.5 Å². The summed E-state index contributed by atoms with van der Waals surface area (Å²) >= 11 is 6.18. The molecular formula is C27H28ClN3O2. The Morgan fingerprint density at radius 1 is 1.03 bits per heavy atom. The Morgan fingerprint density at radius 2 is 1.76 bits per heavy atom. The van der Waals surface area contributed by atoms with Gasteiger partial charge in [-0.05, 0) is 49.6 Å². The van der Waals surface area contributed by atoms with E-state index >= 15 is 0 Å². The molecule has 3 aromatic carbocycles. The first-order valence-electron chi connectivity index (χ1n) is 11.3. The maximum Gasteiger partial charge on any atom is 0.220 e. The fourth-order valence-electron chi connectivity index (χ4n) is 3.91. The van der Waals surface area contributed by atoms with Crippen LogP contribution in [-0.2, 0) is 17.8 Å². The SMILES string of the molecule is CC(NC(=O)CCc1ccccc1)c1nc2ccccc2n1CCCOc1ccccc1Cl. The number of fused-ring (bicyclic) bond motifs is 1. The molecule has 1 aromatic heterocycles. The Hall–Kier alpha value is -3.31. The summed E-state index contributed by atoms with van der Waals surface area (Å²) < 4.78 is 8.02. The minimum atomic E-state index is -0.204. The summed E-state index contributed by atoms with van der Waals surface area (Å²) in [7, 11) is 0. The number of nitrogens with one attached hydrogen (secondary N) is 1. The van der Waals surface area contributed by atoms with Crippen LogP contribution < -0.4 is 10.1 Å². The van der Waals surface area contributed by atoms with E-state index in [1.807, 2.05) is 79.7 Å². The van der Waals surface area contributed by atoms with Gasteiger partial charge in [0.15, 0.2) is 0 Å². The van der Waals surface area contributed by atoms with Gasteiger partial charge in [-0.3, -0.25) is 4.79 Å². The van der Waals surface area contributed by atoms with E-state index in [0.717, 1.165) is 41.8 Å². The molecule has 0 spiro atoms. The monoisotopic (exact) mass is 461 g/mol. The van der Waals surface area contributed by atoms with Gasteiger partial charge in [-0.1, -0.05) is 66.2 Å². The van der Waals surface area contributed by atoms with Crippen molar-refractivity contribution in [3.63, 3.8) is 0 Å². The second-order valence-corrected chi connectivity index (χ2v) is 8.42. The molecule has 6 heteroatoms. The number of amides is 1. The Labute approximate surface area is 199 Å². The zero-order valence-corrected chi connectivity index (χ0v) is 19.5. The van der Waals surface area contributed by atoms with Gasteiger partial charge in [-0.25, -0.2) is 4.98 Å². The first-order valence-corrected chi connectivity index (χ1v) is 11.7. The fourth-order valence-corrected chi connectivity index (χ4v) is 4.10. The Balaban J connectivity index is 1.40. The van der Waals surface area contributed by atoms with Gasteiger partial charge in [0.2, 0.25) is 5.91 Å². The molecular weight excluding hydrogens is 434 g/mol. The molecule has 0 aliphatic carbocycles. The number of aromatic nitrogens is 2. The number of aryl methyl sites for hydroxylation is 2. The third-order valence-corrected chi connectivity index (χ3v) is 5.86. The van der Waals surface area contributed by atoms with Crippen LogP contribution in [0.15, 0.2) is 78.9 Å². The topological polar surface area (TPSA) is 56.2 Å². The van der Waals surface area contributed by atoms with Gasteiger partial charge in [-0.2, -0.15) is 0 Å². The van der Waals surface area contributed by atoms with Gasteiger partial charge in [0.25, 0.3) is 0 Å². The predicted molar refractivity (Wildman–Crippen MR) is 133 cm³/mol. The van der Waals surface area contributed by atoms with Crippen molar-refractivity contribution in [3.8, 4) is 5.75 Å². The molecule has 0 aliphatic rings. The molecule has 33 heavy (non-hydrogen) atoms. The van der Waals surface area contributed by atoms with Crippen molar-refractivity contribution in [1.29, 1.82) is 0 Å². The normalized spacial score (nSPS) is 11.9. The molecule has 1 amide bonds. The number of halogens is 1. The molecule has 1 heterocycles. The predicted octanol–water partition coefficient (Wildman–Crippen LogP) is 5.97. The first kappa shape index (κ1) is 22.9. The Morgan fingerprint density at radius 3 is 2.58 bits per heavy atom. The lowest BCUT2D eigenvalue weighted by Crippen LogP contribution is -2.29. The van der Waals surface area contributed by atoms with Crippen LogP contribution >= 0.6 is 11.6 Å². The van der Waals surface area contributed by atoms with Crippen molar-refractivity contribution in [3.05, 3.63) is 95.3 Å². The van der Waals surface area contributed by atoms with Gasteiger partial charge in [0.05, 0.1) is 28.7 Å². The highest BCUT2D eigenvalue weighted by molar-refractivity contribution is 6.32. The highest BCUT2D eigenvalue weighted by Crippen LogP contribution is 2.24. The summed E-state index contributed by atoms with van der Waals surface area (Å²) in [6.45, 7) is 3.25. The van der Waals surface area contributed by atoms with E-state index in [-0.39, 0.29) is 11.9 Å². The highest BCUT2D eigenvalue weighted by Gasteiger charge is 2.18. The third-order valence-electron chi connectivity index (χ3n) is 5.55. The number of ether oxygens (including phenoxy) is 1. The second kappa shape index (κ2) is 11.0. The number of benzene rings is 3. The van der Waals surface area contributed by atoms with Crippen molar-refractivity contribution in [2.75, 3.05) is 6.61 Å². The van der Waals surface area contributed by atoms with Crippen LogP contribution in [0.1, 0.15) is 37.2 Å². The standard InChI is InChI=1S/C27H28ClN3O2/c1-20(29-26(32)17-16-21-10-3-2-4-11-21)27-30-23-13-6-7-14-24(23)31(27)18-9-19-33-25-15-8-5-12-22(25)28/h2-8,10-15,20H,9,16-19H2,1H3,(H,29,32). The van der Waals surface area contributed by atoms with E-state index in [4.69, 9.17) is 21.3 Å². The number of carbonyl (C=O) groups excluding carboxylic acids is 1. The third kappa shape index (κ3) is 5.93. The van der Waals surface area contributed by atoms with Crippen LogP contribution in [0, 0.1) is 0 Å². The van der Waals surface area contributed by atoms with Crippen LogP contribution in [0.2, 0.25) is 5.02 Å². The molecule has 1 unspecified atom stereocenters. The molecule has 0 saturated carbocycles. The highest BCUT2D eigenvalue weighted by atomic mass is 35.5. The van der Waals surface area contributed by atoms with E-state index in [1.165, 1.54) is 0 Å². The number of nitrogens with zero attached hydrogens (tertiary/aromatic N) is 2. The van der Waals surface area contributed by atoms with Crippen LogP contribution in [0.3, 0.4) is 0 Å². The average Bonchev–Trinajstić information content (AvgIpc) is 3.21. The molecule has 1 atom stereocenters. The summed E-state index contributed by atoms with van der Waals surface area (Å²) in [4.78, 5) is 17.4. The smallest absolute Gasteiger partial charge is 0.220 e. The van der Waals surface area contributed by atoms with Crippen molar-refractivity contribution in [2.24, 2.45) is 0 Å². The lowest BCUT2D eigenvalue weighted by Gasteiger charge is -2.17. The Bertz CT molecular complexity index is 1210. The molecule has 0 bridgehead atoms. The summed E-state index contributed by atoms with van der Waals surface area (Å²) in [6, 6.07) is 25.4. The van der Waals surface area contributed by atoms with Crippen LogP contribution in [0.4, 0.5) is 0 Å². The molecule has 4 aromatic rings. The fraction of sp³-hybridized carbons (Fsp3) is 0.259. The molecule has 0 aliphatic heterocycles. The lowest BCUT2D eigenvalue weighted by atomic mass is 10.1. The zero-order chi connectivity index (χ0) is 23.0. The quantitative estimate of drug-likeness (QED) is 0.296.